The average molecular weight is 300 g/mol. The summed E-state index contributed by atoms with van der Waals surface area (Å²) in [6, 6.07) is 0.570. The third-order valence-electron chi connectivity index (χ3n) is 3.28. The minimum Gasteiger partial charge on any atom is -0.353 e. The van der Waals surface area contributed by atoms with Crippen LogP contribution in [0.5, 0.6) is 0 Å². The predicted molar refractivity (Wildman–Crippen MR) is 72.8 cm³/mol. The van der Waals surface area contributed by atoms with E-state index in [0.717, 1.165) is 23.3 Å². The van der Waals surface area contributed by atoms with Crippen molar-refractivity contribution in [2.45, 2.75) is 38.6 Å². The van der Waals surface area contributed by atoms with Gasteiger partial charge in [-0.2, -0.15) is 0 Å². The maximum atomic E-state index is 5.43. The van der Waals surface area contributed by atoms with Crippen LogP contribution >= 0.6 is 15.9 Å². The van der Waals surface area contributed by atoms with Crippen molar-refractivity contribution in [3.63, 3.8) is 0 Å². The summed E-state index contributed by atoms with van der Waals surface area (Å²) in [5.74, 6) is 7.01. The first kappa shape index (κ1) is 12.6. The van der Waals surface area contributed by atoms with Crippen molar-refractivity contribution in [2.75, 3.05) is 16.9 Å². The molecule has 94 valence electrons. The van der Waals surface area contributed by atoms with Crippen LogP contribution in [0.25, 0.3) is 0 Å². The molecule has 0 amide bonds. The fourth-order valence-electron chi connectivity index (χ4n) is 2.37. The molecule has 0 radical (unpaired) electrons. The Balaban J connectivity index is 2.31. The van der Waals surface area contributed by atoms with Gasteiger partial charge in [-0.3, -0.25) is 0 Å². The molecule has 1 aliphatic heterocycles. The molecule has 1 unspecified atom stereocenters. The number of nitrogens with zero attached hydrogens (tertiary/aromatic N) is 3. The van der Waals surface area contributed by atoms with Gasteiger partial charge in [-0.05, 0) is 41.6 Å². The van der Waals surface area contributed by atoms with E-state index in [0.29, 0.717) is 11.9 Å². The number of hydrogen-bond donors (Lipinski definition) is 2. The molecular formula is C11H18BrN5. The Hall–Kier alpha value is -0.880. The van der Waals surface area contributed by atoms with Crippen LogP contribution in [0.1, 0.15) is 32.6 Å². The second-order valence-corrected chi connectivity index (χ2v) is 5.05. The molecule has 5 nitrogen and oxygen atoms in total. The van der Waals surface area contributed by atoms with Gasteiger partial charge in [-0.1, -0.05) is 6.92 Å². The molecule has 1 atom stereocenters. The Morgan fingerprint density at radius 3 is 3.06 bits per heavy atom. The van der Waals surface area contributed by atoms with Gasteiger partial charge in [0, 0.05) is 12.6 Å². The van der Waals surface area contributed by atoms with Crippen molar-refractivity contribution in [3.05, 3.63) is 10.8 Å². The normalized spacial score (nSPS) is 20.4. The average Bonchev–Trinajstić information content (AvgIpc) is 2.39. The summed E-state index contributed by atoms with van der Waals surface area (Å²) in [4.78, 5) is 10.8. The summed E-state index contributed by atoms with van der Waals surface area (Å²) < 4.78 is 0.850. The topological polar surface area (TPSA) is 67.1 Å². The summed E-state index contributed by atoms with van der Waals surface area (Å²) in [5, 5.41) is 0. The Morgan fingerprint density at radius 1 is 1.53 bits per heavy atom. The fraction of sp³-hybridized carbons (Fsp3) is 0.636. The summed E-state index contributed by atoms with van der Waals surface area (Å²) in [6.07, 6.45) is 6.45. The highest BCUT2D eigenvalue weighted by Crippen LogP contribution is 2.33. The van der Waals surface area contributed by atoms with Gasteiger partial charge >= 0.3 is 0 Å². The lowest BCUT2D eigenvalue weighted by Gasteiger charge is -2.36. The molecule has 1 aromatic rings. The third-order valence-corrected chi connectivity index (χ3v) is 4.01. The number of nitrogens with two attached hydrogens (primary N) is 1. The van der Waals surface area contributed by atoms with Gasteiger partial charge in [0.05, 0.1) is 0 Å². The number of nitrogens with one attached hydrogen (secondary N) is 1. The minimum atomic E-state index is 0.570. The van der Waals surface area contributed by atoms with Crippen LogP contribution in [0.2, 0.25) is 0 Å². The molecule has 0 saturated carbocycles. The number of piperidine rings is 1. The quantitative estimate of drug-likeness (QED) is 0.662. The van der Waals surface area contributed by atoms with Crippen LogP contribution in [-0.2, 0) is 0 Å². The van der Waals surface area contributed by atoms with E-state index in [1.54, 1.807) is 6.33 Å². The van der Waals surface area contributed by atoms with E-state index in [9.17, 15) is 0 Å². The number of aromatic nitrogens is 2. The first-order valence-corrected chi connectivity index (χ1v) is 6.81. The zero-order valence-corrected chi connectivity index (χ0v) is 11.6. The Bertz CT molecular complexity index is 384. The van der Waals surface area contributed by atoms with Crippen LogP contribution in [0.3, 0.4) is 0 Å². The van der Waals surface area contributed by atoms with Gasteiger partial charge < -0.3 is 10.3 Å². The van der Waals surface area contributed by atoms with E-state index in [-0.39, 0.29) is 0 Å². The SMILES string of the molecule is CCC1CCCCN1c1ncnc(NN)c1Br. The Labute approximate surface area is 110 Å². The van der Waals surface area contributed by atoms with E-state index in [1.165, 1.54) is 19.3 Å². The molecule has 1 aromatic heterocycles. The molecule has 0 aliphatic carbocycles. The Kier molecular flexibility index (Phi) is 4.17. The van der Waals surface area contributed by atoms with Gasteiger partial charge in [0.1, 0.15) is 16.6 Å². The van der Waals surface area contributed by atoms with E-state index >= 15 is 0 Å². The standard InChI is InChI=1S/C11H18BrN5/c1-2-8-5-3-4-6-17(8)11-9(12)10(16-13)14-7-15-11/h7-8H,2-6,13H2,1H3,(H,14,15,16). The Morgan fingerprint density at radius 2 is 2.35 bits per heavy atom. The van der Waals surface area contributed by atoms with E-state index in [4.69, 9.17) is 5.84 Å². The fourth-order valence-corrected chi connectivity index (χ4v) is 2.91. The van der Waals surface area contributed by atoms with Crippen molar-refractivity contribution in [1.82, 2.24) is 9.97 Å². The first-order valence-electron chi connectivity index (χ1n) is 6.01. The summed E-state index contributed by atoms with van der Waals surface area (Å²) in [5.41, 5.74) is 2.58. The highest BCUT2D eigenvalue weighted by Gasteiger charge is 2.24. The number of hydrogen-bond acceptors (Lipinski definition) is 5. The van der Waals surface area contributed by atoms with Crippen LogP contribution < -0.4 is 16.2 Å². The third kappa shape index (κ3) is 2.52. The summed E-state index contributed by atoms with van der Waals surface area (Å²) in [7, 11) is 0. The smallest absolute Gasteiger partial charge is 0.159 e. The molecule has 1 fully saturated rings. The number of rotatable bonds is 3. The number of hydrazine groups is 1. The highest BCUT2D eigenvalue weighted by atomic mass is 79.9. The van der Waals surface area contributed by atoms with Crippen molar-refractivity contribution in [2.24, 2.45) is 5.84 Å². The second kappa shape index (κ2) is 5.64. The lowest BCUT2D eigenvalue weighted by atomic mass is 10.0. The summed E-state index contributed by atoms with van der Waals surface area (Å²) in [6.45, 7) is 3.28. The van der Waals surface area contributed by atoms with E-state index in [1.807, 2.05) is 0 Å². The van der Waals surface area contributed by atoms with Gasteiger partial charge in [-0.25, -0.2) is 15.8 Å². The van der Waals surface area contributed by atoms with Crippen molar-refractivity contribution >= 4 is 27.6 Å². The molecule has 1 saturated heterocycles. The van der Waals surface area contributed by atoms with Gasteiger partial charge in [0.2, 0.25) is 0 Å². The second-order valence-electron chi connectivity index (χ2n) is 4.26. The van der Waals surface area contributed by atoms with E-state index in [2.05, 4.69) is 43.1 Å². The van der Waals surface area contributed by atoms with Crippen LogP contribution in [0, 0.1) is 0 Å². The van der Waals surface area contributed by atoms with Crippen LogP contribution in [0.15, 0.2) is 10.8 Å². The number of anilines is 2. The van der Waals surface area contributed by atoms with Gasteiger partial charge in [0.15, 0.2) is 5.82 Å². The summed E-state index contributed by atoms with van der Waals surface area (Å²) >= 11 is 3.52. The molecule has 0 bridgehead atoms. The van der Waals surface area contributed by atoms with Gasteiger partial charge in [-0.15, -0.1) is 0 Å². The first-order chi connectivity index (χ1) is 8.27. The van der Waals surface area contributed by atoms with Crippen molar-refractivity contribution in [1.29, 1.82) is 0 Å². The maximum Gasteiger partial charge on any atom is 0.159 e. The monoisotopic (exact) mass is 299 g/mol. The molecule has 6 heteroatoms. The largest absolute Gasteiger partial charge is 0.353 e. The zero-order valence-electron chi connectivity index (χ0n) is 9.99. The zero-order chi connectivity index (χ0) is 12.3. The molecule has 0 spiro atoms. The maximum absolute atomic E-state index is 5.43. The molecule has 0 aromatic carbocycles. The molecular weight excluding hydrogens is 282 g/mol. The van der Waals surface area contributed by atoms with Crippen molar-refractivity contribution in [3.8, 4) is 0 Å². The minimum absolute atomic E-state index is 0.570. The lowest BCUT2D eigenvalue weighted by molar-refractivity contribution is 0.446. The van der Waals surface area contributed by atoms with Crippen LogP contribution in [-0.4, -0.2) is 22.6 Å². The molecule has 2 heterocycles. The molecule has 3 N–H and O–H groups in total. The van der Waals surface area contributed by atoms with Gasteiger partial charge in [0.25, 0.3) is 0 Å². The lowest BCUT2D eigenvalue weighted by Crippen LogP contribution is -2.40. The predicted octanol–water partition coefficient (Wildman–Crippen LogP) is 2.29. The number of nitrogen functional groups attached to an aromatic ring is 1. The molecule has 2 rings (SSSR count). The van der Waals surface area contributed by atoms with E-state index < -0.39 is 0 Å². The van der Waals surface area contributed by atoms with Crippen LogP contribution in [0.4, 0.5) is 11.6 Å². The molecule has 1 aliphatic rings. The number of halogens is 1. The van der Waals surface area contributed by atoms with Crippen molar-refractivity contribution < 1.29 is 0 Å². The highest BCUT2D eigenvalue weighted by molar-refractivity contribution is 9.10. The molecule has 17 heavy (non-hydrogen) atoms.